The van der Waals surface area contributed by atoms with E-state index in [4.69, 9.17) is 16.3 Å². The van der Waals surface area contributed by atoms with Crippen molar-refractivity contribution in [2.75, 3.05) is 6.61 Å². The molecule has 1 heterocycles. The van der Waals surface area contributed by atoms with E-state index in [9.17, 15) is 5.11 Å². The molecule has 0 radical (unpaired) electrons. The second kappa shape index (κ2) is 5.74. The van der Waals surface area contributed by atoms with E-state index in [0.717, 1.165) is 49.0 Å². The molecule has 0 aliphatic carbocycles. The lowest BCUT2D eigenvalue weighted by molar-refractivity contribution is 0.159. The first-order chi connectivity index (χ1) is 8.22. The Hall–Kier alpha value is -0.730. The van der Waals surface area contributed by atoms with Gasteiger partial charge in [-0.15, -0.1) is 0 Å². The van der Waals surface area contributed by atoms with Crippen LogP contribution in [0.2, 0.25) is 5.02 Å². The summed E-state index contributed by atoms with van der Waals surface area (Å²) in [6, 6.07) is 3.77. The second-order valence-corrected chi connectivity index (χ2v) is 5.03. The van der Waals surface area contributed by atoms with E-state index >= 15 is 0 Å². The largest absolute Gasteiger partial charge is 0.493 e. The van der Waals surface area contributed by atoms with Crippen molar-refractivity contribution in [1.29, 1.82) is 0 Å². The molecule has 0 aromatic heterocycles. The minimum absolute atomic E-state index is 0.452. The number of hydrogen-bond donors (Lipinski definition) is 1. The van der Waals surface area contributed by atoms with Gasteiger partial charge in [0, 0.05) is 17.0 Å². The fourth-order valence-corrected chi connectivity index (χ4v) is 2.54. The summed E-state index contributed by atoms with van der Waals surface area (Å²) in [6.45, 7) is 2.86. The van der Waals surface area contributed by atoms with Crippen LogP contribution in [0.15, 0.2) is 12.1 Å². The Morgan fingerprint density at radius 2 is 2.24 bits per heavy atom. The zero-order valence-electron chi connectivity index (χ0n) is 10.2. The molecule has 0 spiro atoms. The molecular weight excluding hydrogens is 236 g/mol. The third-order valence-electron chi connectivity index (χ3n) is 3.22. The zero-order valence-corrected chi connectivity index (χ0v) is 11.0. The van der Waals surface area contributed by atoms with Crippen molar-refractivity contribution in [3.05, 3.63) is 28.3 Å². The van der Waals surface area contributed by atoms with Crippen molar-refractivity contribution in [3.8, 4) is 5.75 Å². The Morgan fingerprint density at radius 3 is 3.00 bits per heavy atom. The summed E-state index contributed by atoms with van der Waals surface area (Å²) in [5.41, 5.74) is 1.99. The minimum Gasteiger partial charge on any atom is -0.493 e. The average molecular weight is 255 g/mol. The molecule has 2 rings (SSSR count). The molecule has 1 N–H and O–H groups in total. The molecule has 1 aromatic rings. The summed E-state index contributed by atoms with van der Waals surface area (Å²) in [5, 5.41) is 10.9. The maximum atomic E-state index is 10.2. The van der Waals surface area contributed by atoms with E-state index in [2.05, 4.69) is 6.92 Å². The van der Waals surface area contributed by atoms with E-state index in [-0.39, 0.29) is 0 Å². The van der Waals surface area contributed by atoms with Gasteiger partial charge in [0.05, 0.1) is 12.7 Å². The molecule has 3 heteroatoms. The summed E-state index contributed by atoms with van der Waals surface area (Å²) >= 11 is 6.07. The van der Waals surface area contributed by atoms with Crippen LogP contribution < -0.4 is 4.74 Å². The van der Waals surface area contributed by atoms with Gasteiger partial charge < -0.3 is 9.84 Å². The maximum absolute atomic E-state index is 10.2. The smallest absolute Gasteiger partial charge is 0.128 e. The molecule has 0 fully saturated rings. The Balaban J connectivity index is 2.14. The number of hydrogen-bond acceptors (Lipinski definition) is 2. The highest BCUT2D eigenvalue weighted by molar-refractivity contribution is 6.30. The second-order valence-electron chi connectivity index (χ2n) is 4.59. The van der Waals surface area contributed by atoms with Crippen molar-refractivity contribution < 1.29 is 9.84 Å². The maximum Gasteiger partial charge on any atom is 0.128 e. The Morgan fingerprint density at radius 1 is 1.41 bits per heavy atom. The quantitative estimate of drug-likeness (QED) is 0.808. The number of benzene rings is 1. The van der Waals surface area contributed by atoms with Gasteiger partial charge in [0.2, 0.25) is 0 Å². The molecule has 94 valence electrons. The van der Waals surface area contributed by atoms with Gasteiger partial charge in [0.1, 0.15) is 5.75 Å². The van der Waals surface area contributed by atoms with Crippen LogP contribution in [0.3, 0.4) is 0 Å². The standard InChI is InChI=1S/C14H19ClO2/c1-2-3-4-5-13(16)12-9-11(15)8-10-6-7-17-14(10)12/h8-9,13,16H,2-7H2,1H3. The molecule has 17 heavy (non-hydrogen) atoms. The van der Waals surface area contributed by atoms with Crippen LogP contribution in [-0.2, 0) is 6.42 Å². The summed E-state index contributed by atoms with van der Waals surface area (Å²) in [7, 11) is 0. The lowest BCUT2D eigenvalue weighted by Gasteiger charge is -2.15. The molecule has 1 aliphatic heterocycles. The number of ether oxygens (including phenoxy) is 1. The molecule has 1 atom stereocenters. The molecule has 0 bridgehead atoms. The zero-order chi connectivity index (χ0) is 12.3. The normalized spacial score (nSPS) is 15.5. The molecule has 0 amide bonds. The van der Waals surface area contributed by atoms with Crippen molar-refractivity contribution in [1.82, 2.24) is 0 Å². The Bertz CT molecular complexity index is 390. The van der Waals surface area contributed by atoms with E-state index in [1.54, 1.807) is 0 Å². The lowest BCUT2D eigenvalue weighted by atomic mass is 9.99. The minimum atomic E-state index is -0.452. The number of fused-ring (bicyclic) bond motifs is 1. The van der Waals surface area contributed by atoms with Gasteiger partial charge in [-0.25, -0.2) is 0 Å². The highest BCUT2D eigenvalue weighted by Gasteiger charge is 2.21. The molecule has 0 saturated heterocycles. The van der Waals surface area contributed by atoms with Crippen LogP contribution in [0, 0.1) is 0 Å². The fourth-order valence-electron chi connectivity index (χ4n) is 2.29. The average Bonchev–Trinajstić information content (AvgIpc) is 2.75. The predicted octanol–water partition coefficient (Wildman–Crippen LogP) is 3.89. The van der Waals surface area contributed by atoms with Crippen molar-refractivity contribution in [2.45, 2.75) is 45.1 Å². The molecule has 0 saturated carbocycles. The van der Waals surface area contributed by atoms with E-state index in [0.29, 0.717) is 11.6 Å². The van der Waals surface area contributed by atoms with Gasteiger partial charge in [-0.1, -0.05) is 37.8 Å². The lowest BCUT2D eigenvalue weighted by Crippen LogP contribution is -2.00. The van der Waals surface area contributed by atoms with Gasteiger partial charge >= 0.3 is 0 Å². The summed E-state index contributed by atoms with van der Waals surface area (Å²) < 4.78 is 5.59. The number of halogens is 1. The molecule has 1 unspecified atom stereocenters. The Labute approximate surface area is 108 Å². The van der Waals surface area contributed by atoms with Crippen molar-refractivity contribution >= 4 is 11.6 Å². The van der Waals surface area contributed by atoms with E-state index < -0.39 is 6.10 Å². The summed E-state index contributed by atoms with van der Waals surface area (Å²) in [4.78, 5) is 0. The molecule has 1 aromatic carbocycles. The molecule has 2 nitrogen and oxygen atoms in total. The van der Waals surface area contributed by atoms with Crippen molar-refractivity contribution in [2.24, 2.45) is 0 Å². The van der Waals surface area contributed by atoms with E-state index in [1.165, 1.54) is 0 Å². The first-order valence-electron chi connectivity index (χ1n) is 6.35. The fraction of sp³-hybridized carbons (Fsp3) is 0.571. The molecule has 1 aliphatic rings. The third-order valence-corrected chi connectivity index (χ3v) is 3.44. The number of aliphatic hydroxyl groups excluding tert-OH is 1. The van der Waals surface area contributed by atoms with Gasteiger partial charge in [-0.3, -0.25) is 0 Å². The van der Waals surface area contributed by atoms with Crippen molar-refractivity contribution in [3.63, 3.8) is 0 Å². The Kier molecular flexibility index (Phi) is 4.30. The van der Waals surface area contributed by atoms with Crippen LogP contribution in [0.25, 0.3) is 0 Å². The van der Waals surface area contributed by atoms with Gasteiger partial charge in [0.25, 0.3) is 0 Å². The molecular formula is C14H19ClO2. The first-order valence-corrected chi connectivity index (χ1v) is 6.73. The number of rotatable bonds is 5. The summed E-state index contributed by atoms with van der Waals surface area (Å²) in [6.07, 6.45) is 4.58. The highest BCUT2D eigenvalue weighted by Crippen LogP contribution is 2.37. The first kappa shape index (κ1) is 12.7. The van der Waals surface area contributed by atoms with Gasteiger partial charge in [-0.2, -0.15) is 0 Å². The van der Waals surface area contributed by atoms with Crippen LogP contribution in [0.1, 0.15) is 49.8 Å². The summed E-state index contributed by atoms with van der Waals surface area (Å²) in [5.74, 6) is 0.860. The van der Waals surface area contributed by atoms with Gasteiger partial charge in [-0.05, 0) is 24.1 Å². The van der Waals surface area contributed by atoms with E-state index in [1.807, 2.05) is 12.1 Å². The topological polar surface area (TPSA) is 29.5 Å². The number of unbranched alkanes of at least 4 members (excludes halogenated alkanes) is 2. The third kappa shape index (κ3) is 2.93. The monoisotopic (exact) mass is 254 g/mol. The van der Waals surface area contributed by atoms with Crippen LogP contribution >= 0.6 is 11.6 Å². The van der Waals surface area contributed by atoms with Crippen LogP contribution in [0.4, 0.5) is 0 Å². The van der Waals surface area contributed by atoms with Crippen LogP contribution in [-0.4, -0.2) is 11.7 Å². The van der Waals surface area contributed by atoms with Gasteiger partial charge in [0.15, 0.2) is 0 Å². The predicted molar refractivity (Wildman–Crippen MR) is 69.8 cm³/mol. The highest BCUT2D eigenvalue weighted by atomic mass is 35.5. The number of aliphatic hydroxyl groups is 1. The SMILES string of the molecule is CCCCCC(O)c1cc(Cl)cc2c1OCC2. The van der Waals surface area contributed by atoms with Crippen LogP contribution in [0.5, 0.6) is 5.75 Å².